The third-order valence-electron chi connectivity index (χ3n) is 5.67. The molecule has 3 rings (SSSR count). The van der Waals surface area contributed by atoms with Gasteiger partial charge < -0.3 is 5.32 Å². The number of hydrogen-bond donors (Lipinski definition) is 2. The topological polar surface area (TPSA) is 84.0 Å². The van der Waals surface area contributed by atoms with Gasteiger partial charge in [0.05, 0.1) is 0 Å². The molecule has 2 N–H and O–H groups in total. The minimum Gasteiger partial charge on any atom is -0.344 e. The van der Waals surface area contributed by atoms with E-state index in [-0.39, 0.29) is 11.8 Å². The molecule has 1 unspecified atom stereocenters. The molecule has 0 saturated carbocycles. The molecule has 1 aromatic heterocycles. The summed E-state index contributed by atoms with van der Waals surface area (Å²) in [4.78, 5) is 25.7. The third-order valence-corrected chi connectivity index (χ3v) is 6.79. The van der Waals surface area contributed by atoms with E-state index in [0.717, 1.165) is 30.4 Å². The number of nitrogens with zero attached hydrogens (tertiary/aromatic N) is 2. The fraction of sp³-hybridized carbons (Fsp3) is 0.407. The van der Waals surface area contributed by atoms with Crippen LogP contribution in [0.15, 0.2) is 54.6 Å². The van der Waals surface area contributed by atoms with Gasteiger partial charge in [0, 0.05) is 23.4 Å². The summed E-state index contributed by atoms with van der Waals surface area (Å²) in [5.41, 5.74) is 1.81. The Morgan fingerprint density at radius 2 is 1.69 bits per heavy atom. The van der Waals surface area contributed by atoms with E-state index in [1.54, 1.807) is 12.1 Å². The summed E-state index contributed by atoms with van der Waals surface area (Å²) >= 11 is 7.34. The summed E-state index contributed by atoms with van der Waals surface area (Å²) in [6.45, 7) is 2.20. The molecule has 0 bridgehead atoms. The monoisotopic (exact) mass is 512 g/mol. The highest BCUT2D eigenvalue weighted by atomic mass is 35.5. The molecule has 2 amide bonds. The maximum atomic E-state index is 13.1. The van der Waals surface area contributed by atoms with Gasteiger partial charge in [-0.2, -0.15) is 0 Å². The summed E-state index contributed by atoms with van der Waals surface area (Å²) in [5.74, 6) is -0.415. The molecule has 0 radical (unpaired) electrons. The van der Waals surface area contributed by atoms with Crippen molar-refractivity contribution in [2.24, 2.45) is 0 Å². The second kappa shape index (κ2) is 14.6. The summed E-state index contributed by atoms with van der Waals surface area (Å²) < 4.78 is 0. The molecule has 1 heterocycles. The molecule has 186 valence electrons. The lowest BCUT2D eigenvalue weighted by Crippen LogP contribution is -2.45. The second-order valence-corrected chi connectivity index (χ2v) is 10.0. The summed E-state index contributed by atoms with van der Waals surface area (Å²) in [7, 11) is 0. The first-order valence-electron chi connectivity index (χ1n) is 12.3. The molecule has 0 fully saturated rings. The molecular formula is C27H33ClN4O2S. The maximum Gasteiger partial charge on any atom is 0.249 e. The van der Waals surface area contributed by atoms with Crippen molar-refractivity contribution in [1.29, 1.82) is 0 Å². The smallest absolute Gasteiger partial charge is 0.249 e. The van der Waals surface area contributed by atoms with Crippen LogP contribution in [-0.2, 0) is 16.0 Å². The molecular weight excluding hydrogens is 480 g/mol. The van der Waals surface area contributed by atoms with E-state index in [4.69, 9.17) is 11.6 Å². The van der Waals surface area contributed by atoms with Crippen molar-refractivity contribution in [2.45, 2.75) is 70.8 Å². The summed E-state index contributed by atoms with van der Waals surface area (Å²) in [6, 6.07) is 16.3. The van der Waals surface area contributed by atoms with Gasteiger partial charge in [-0.1, -0.05) is 111 Å². The number of halogens is 1. The largest absolute Gasteiger partial charge is 0.344 e. The average molecular weight is 513 g/mol. The van der Waals surface area contributed by atoms with Crippen molar-refractivity contribution < 1.29 is 9.59 Å². The normalized spacial score (nSPS) is 11.7. The Kier molecular flexibility index (Phi) is 11.2. The first kappa shape index (κ1) is 26.8. The van der Waals surface area contributed by atoms with Crippen LogP contribution >= 0.6 is 22.9 Å². The van der Waals surface area contributed by atoms with E-state index >= 15 is 0 Å². The van der Waals surface area contributed by atoms with Crippen molar-refractivity contribution in [2.75, 3.05) is 5.32 Å². The molecule has 2 aromatic carbocycles. The number of anilines is 1. The molecule has 0 saturated heterocycles. The van der Waals surface area contributed by atoms with Crippen LogP contribution in [0.3, 0.4) is 0 Å². The van der Waals surface area contributed by atoms with Crippen LogP contribution in [0.4, 0.5) is 5.13 Å². The lowest BCUT2D eigenvalue weighted by atomic mass is 10.0. The lowest BCUT2D eigenvalue weighted by Gasteiger charge is -2.18. The number of benzene rings is 2. The molecule has 0 aliphatic carbocycles. The zero-order chi connectivity index (χ0) is 24.9. The number of hydrogen-bond acceptors (Lipinski definition) is 5. The molecule has 8 heteroatoms. The Hall–Kier alpha value is -2.77. The van der Waals surface area contributed by atoms with Crippen molar-refractivity contribution in [3.05, 3.63) is 65.2 Å². The predicted molar refractivity (Wildman–Crippen MR) is 144 cm³/mol. The number of unbranched alkanes of at least 4 members (excludes halogenated alkanes) is 6. The zero-order valence-corrected chi connectivity index (χ0v) is 21.7. The molecule has 0 spiro atoms. The second-order valence-electron chi connectivity index (χ2n) is 8.59. The van der Waals surface area contributed by atoms with E-state index in [1.807, 2.05) is 42.5 Å². The third kappa shape index (κ3) is 9.42. The van der Waals surface area contributed by atoms with Gasteiger partial charge in [0.25, 0.3) is 0 Å². The van der Waals surface area contributed by atoms with Gasteiger partial charge in [-0.15, -0.1) is 10.2 Å². The number of rotatable bonds is 14. The molecule has 35 heavy (non-hydrogen) atoms. The molecule has 6 nitrogen and oxygen atoms in total. The standard InChI is InChI=1S/C27H33ClN4O2S/c1-2-3-4-5-6-7-11-17-24(33)29-23(18-20-13-9-8-10-14-20)25(34)30-27-32-31-26(35-27)21-15-12-16-22(28)19-21/h8-10,12-16,19,23H,2-7,11,17-18H2,1H3,(H,29,33)(H,30,32,34). The Labute approximate surface area is 216 Å². The van der Waals surface area contributed by atoms with E-state index in [1.165, 1.54) is 37.0 Å². The fourth-order valence-electron chi connectivity index (χ4n) is 3.77. The Morgan fingerprint density at radius 1 is 0.943 bits per heavy atom. The van der Waals surface area contributed by atoms with Crippen LogP contribution in [0.2, 0.25) is 5.02 Å². The van der Waals surface area contributed by atoms with Crippen molar-refractivity contribution in [3.8, 4) is 10.6 Å². The number of aromatic nitrogens is 2. The van der Waals surface area contributed by atoms with Gasteiger partial charge in [0.1, 0.15) is 11.0 Å². The Bertz CT molecular complexity index is 1070. The van der Waals surface area contributed by atoms with E-state index in [0.29, 0.717) is 28.0 Å². The van der Waals surface area contributed by atoms with Crippen LogP contribution in [0.25, 0.3) is 10.6 Å². The van der Waals surface area contributed by atoms with Crippen LogP contribution in [0.5, 0.6) is 0 Å². The first-order valence-corrected chi connectivity index (χ1v) is 13.5. The van der Waals surface area contributed by atoms with Gasteiger partial charge in [-0.3, -0.25) is 14.9 Å². The molecule has 0 aliphatic heterocycles. The number of carbonyl (C=O) groups excluding carboxylic acids is 2. The number of nitrogens with one attached hydrogen (secondary N) is 2. The van der Waals surface area contributed by atoms with Gasteiger partial charge in [0.2, 0.25) is 16.9 Å². The molecule has 3 aromatic rings. The highest BCUT2D eigenvalue weighted by molar-refractivity contribution is 7.18. The minimum absolute atomic E-state index is 0.105. The van der Waals surface area contributed by atoms with E-state index in [2.05, 4.69) is 27.8 Å². The Balaban J connectivity index is 1.58. The SMILES string of the molecule is CCCCCCCCCC(=O)NC(Cc1ccccc1)C(=O)Nc1nnc(-c2cccc(Cl)c2)s1. The Morgan fingerprint density at radius 3 is 2.43 bits per heavy atom. The number of carbonyl (C=O) groups is 2. The quantitative estimate of drug-likeness (QED) is 0.236. The predicted octanol–water partition coefficient (Wildman–Crippen LogP) is 6.67. The fourth-order valence-corrected chi connectivity index (χ4v) is 4.71. The van der Waals surface area contributed by atoms with Crippen LogP contribution in [0, 0.1) is 0 Å². The highest BCUT2D eigenvalue weighted by Crippen LogP contribution is 2.28. The maximum absolute atomic E-state index is 13.1. The van der Waals surface area contributed by atoms with E-state index in [9.17, 15) is 9.59 Å². The van der Waals surface area contributed by atoms with Gasteiger partial charge in [-0.05, 0) is 24.1 Å². The van der Waals surface area contributed by atoms with Crippen molar-refractivity contribution in [1.82, 2.24) is 15.5 Å². The highest BCUT2D eigenvalue weighted by Gasteiger charge is 2.22. The molecule has 1 atom stereocenters. The first-order chi connectivity index (χ1) is 17.0. The van der Waals surface area contributed by atoms with Crippen molar-refractivity contribution in [3.63, 3.8) is 0 Å². The van der Waals surface area contributed by atoms with E-state index < -0.39 is 6.04 Å². The minimum atomic E-state index is -0.701. The van der Waals surface area contributed by atoms with Crippen LogP contribution in [-0.4, -0.2) is 28.1 Å². The summed E-state index contributed by atoms with van der Waals surface area (Å²) in [6.07, 6.45) is 8.80. The summed E-state index contributed by atoms with van der Waals surface area (Å²) in [5, 5.41) is 15.7. The van der Waals surface area contributed by atoms with Crippen LogP contribution < -0.4 is 10.6 Å². The molecule has 0 aliphatic rings. The average Bonchev–Trinajstić information content (AvgIpc) is 3.32. The van der Waals surface area contributed by atoms with Crippen molar-refractivity contribution >= 4 is 39.9 Å². The van der Waals surface area contributed by atoms with Gasteiger partial charge >= 0.3 is 0 Å². The van der Waals surface area contributed by atoms with Gasteiger partial charge in [-0.25, -0.2) is 0 Å². The number of amides is 2. The zero-order valence-electron chi connectivity index (χ0n) is 20.1. The lowest BCUT2D eigenvalue weighted by molar-refractivity contribution is -0.126. The van der Waals surface area contributed by atoms with Gasteiger partial charge in [0.15, 0.2) is 0 Å². The van der Waals surface area contributed by atoms with Crippen LogP contribution in [0.1, 0.15) is 63.9 Å².